The van der Waals surface area contributed by atoms with E-state index >= 15 is 0 Å². The Hall–Kier alpha value is -1.56. The van der Waals surface area contributed by atoms with Crippen LogP contribution < -0.4 is 5.32 Å². The van der Waals surface area contributed by atoms with Gasteiger partial charge in [-0.15, -0.1) is 0 Å². The van der Waals surface area contributed by atoms with Crippen LogP contribution >= 0.6 is 15.9 Å². The van der Waals surface area contributed by atoms with E-state index in [-0.39, 0.29) is 12.1 Å². The van der Waals surface area contributed by atoms with Crippen LogP contribution in [0.25, 0.3) is 0 Å². The van der Waals surface area contributed by atoms with Crippen molar-refractivity contribution in [2.45, 2.75) is 32.2 Å². The molecular formula is C16H21BrN2O3. The molecule has 1 aromatic rings. The van der Waals surface area contributed by atoms with Gasteiger partial charge in [-0.3, -0.25) is 4.79 Å². The number of rotatable bonds is 5. The van der Waals surface area contributed by atoms with E-state index in [2.05, 4.69) is 33.4 Å². The van der Waals surface area contributed by atoms with Crippen molar-refractivity contribution in [1.29, 1.82) is 0 Å². The molecule has 0 bridgehead atoms. The predicted octanol–water partition coefficient (Wildman–Crippen LogP) is 2.89. The molecule has 1 fully saturated rings. The van der Waals surface area contributed by atoms with Crippen LogP contribution in [0.4, 0.5) is 4.79 Å². The van der Waals surface area contributed by atoms with Crippen LogP contribution in [-0.4, -0.2) is 41.1 Å². The molecule has 2 rings (SSSR count). The Balaban J connectivity index is 1.74. The fourth-order valence-corrected chi connectivity index (χ4v) is 2.82. The van der Waals surface area contributed by atoms with Gasteiger partial charge in [-0.1, -0.05) is 28.1 Å². The molecule has 6 heteroatoms. The number of benzene rings is 1. The van der Waals surface area contributed by atoms with Crippen molar-refractivity contribution in [2.75, 3.05) is 13.1 Å². The molecule has 1 aromatic carbocycles. The Morgan fingerprint density at radius 1 is 1.41 bits per heavy atom. The number of aliphatic carboxylic acids is 1. The lowest BCUT2D eigenvalue weighted by Gasteiger charge is -2.20. The van der Waals surface area contributed by atoms with Gasteiger partial charge in [0.25, 0.3) is 0 Å². The van der Waals surface area contributed by atoms with Crippen molar-refractivity contribution in [2.24, 2.45) is 5.92 Å². The molecule has 1 saturated heterocycles. The molecule has 2 unspecified atom stereocenters. The molecular weight excluding hydrogens is 348 g/mol. The van der Waals surface area contributed by atoms with E-state index in [1.54, 1.807) is 4.90 Å². The van der Waals surface area contributed by atoms with Gasteiger partial charge in [0.15, 0.2) is 0 Å². The number of nitrogens with zero attached hydrogens (tertiary/aromatic N) is 1. The average molecular weight is 369 g/mol. The fraction of sp³-hybridized carbons (Fsp3) is 0.500. The van der Waals surface area contributed by atoms with Gasteiger partial charge in [-0.2, -0.15) is 0 Å². The zero-order valence-electron chi connectivity index (χ0n) is 12.6. The van der Waals surface area contributed by atoms with Crippen molar-refractivity contribution in [1.82, 2.24) is 10.2 Å². The van der Waals surface area contributed by atoms with Gasteiger partial charge in [0, 0.05) is 23.6 Å². The summed E-state index contributed by atoms with van der Waals surface area (Å²) in [6.07, 6.45) is 2.28. The van der Waals surface area contributed by atoms with Crippen LogP contribution in [0, 0.1) is 5.92 Å². The summed E-state index contributed by atoms with van der Waals surface area (Å²) in [6, 6.07) is 8.05. The molecule has 22 heavy (non-hydrogen) atoms. The minimum absolute atomic E-state index is 0.0556. The standard InChI is InChI=1S/C16H21BrN2O3/c1-11(2-3-12-4-6-14(17)7-5-12)18-16(22)19-9-8-13(10-19)15(20)21/h4-7,11,13H,2-3,8-10H2,1H3,(H,18,22)(H,20,21). The van der Waals surface area contributed by atoms with Crippen molar-refractivity contribution >= 4 is 27.9 Å². The second-order valence-electron chi connectivity index (χ2n) is 5.79. The SMILES string of the molecule is CC(CCc1ccc(Br)cc1)NC(=O)N1CCC(C(=O)O)C1. The fourth-order valence-electron chi connectivity index (χ4n) is 2.55. The monoisotopic (exact) mass is 368 g/mol. The number of hydrogen-bond acceptors (Lipinski definition) is 2. The molecule has 5 nitrogen and oxygen atoms in total. The predicted molar refractivity (Wildman–Crippen MR) is 87.8 cm³/mol. The lowest BCUT2D eigenvalue weighted by molar-refractivity contribution is -0.141. The summed E-state index contributed by atoms with van der Waals surface area (Å²) in [6.45, 7) is 2.80. The van der Waals surface area contributed by atoms with Crippen LogP contribution in [-0.2, 0) is 11.2 Å². The topological polar surface area (TPSA) is 69.6 Å². The first kappa shape index (κ1) is 16.8. The van der Waals surface area contributed by atoms with Gasteiger partial charge in [0.1, 0.15) is 0 Å². The summed E-state index contributed by atoms with van der Waals surface area (Å²) in [4.78, 5) is 24.6. The first-order valence-electron chi connectivity index (χ1n) is 7.48. The quantitative estimate of drug-likeness (QED) is 0.839. The van der Waals surface area contributed by atoms with E-state index in [0.29, 0.717) is 19.5 Å². The zero-order chi connectivity index (χ0) is 16.1. The molecule has 0 aliphatic carbocycles. The second kappa shape index (κ2) is 7.63. The van der Waals surface area contributed by atoms with Gasteiger partial charge in [0.2, 0.25) is 0 Å². The molecule has 2 atom stereocenters. The number of carbonyl (C=O) groups excluding carboxylic acids is 1. The molecule has 1 heterocycles. The van der Waals surface area contributed by atoms with E-state index in [0.717, 1.165) is 17.3 Å². The third kappa shape index (κ3) is 4.73. The molecule has 1 aliphatic heterocycles. The molecule has 2 N–H and O–H groups in total. The highest BCUT2D eigenvalue weighted by molar-refractivity contribution is 9.10. The van der Waals surface area contributed by atoms with Crippen LogP contribution in [0.5, 0.6) is 0 Å². The highest BCUT2D eigenvalue weighted by Gasteiger charge is 2.31. The van der Waals surface area contributed by atoms with Crippen molar-refractivity contribution < 1.29 is 14.7 Å². The number of carboxylic acids is 1. The van der Waals surface area contributed by atoms with Gasteiger partial charge < -0.3 is 15.3 Å². The van der Waals surface area contributed by atoms with Crippen LogP contribution in [0.2, 0.25) is 0 Å². The van der Waals surface area contributed by atoms with E-state index in [9.17, 15) is 9.59 Å². The lowest BCUT2D eigenvalue weighted by Crippen LogP contribution is -2.43. The average Bonchev–Trinajstić information content (AvgIpc) is 2.97. The van der Waals surface area contributed by atoms with Crippen molar-refractivity contribution in [3.05, 3.63) is 34.3 Å². The number of hydrogen-bond donors (Lipinski definition) is 2. The summed E-state index contributed by atoms with van der Waals surface area (Å²) in [5, 5.41) is 11.9. The maximum absolute atomic E-state index is 12.1. The zero-order valence-corrected chi connectivity index (χ0v) is 14.2. The van der Waals surface area contributed by atoms with E-state index < -0.39 is 11.9 Å². The Labute approximate surface area is 138 Å². The number of carboxylic acid groups (broad SMARTS) is 1. The minimum Gasteiger partial charge on any atom is -0.481 e. The number of aryl methyl sites for hydroxylation is 1. The minimum atomic E-state index is -0.821. The highest BCUT2D eigenvalue weighted by Crippen LogP contribution is 2.17. The van der Waals surface area contributed by atoms with E-state index in [4.69, 9.17) is 5.11 Å². The van der Waals surface area contributed by atoms with E-state index in [1.165, 1.54) is 5.56 Å². The number of amides is 2. The maximum atomic E-state index is 12.1. The first-order valence-corrected chi connectivity index (χ1v) is 8.27. The Bertz CT molecular complexity index is 533. The molecule has 1 aliphatic rings. The highest BCUT2D eigenvalue weighted by atomic mass is 79.9. The molecule has 0 radical (unpaired) electrons. The first-order chi connectivity index (χ1) is 10.5. The van der Waals surface area contributed by atoms with E-state index in [1.807, 2.05) is 19.1 Å². The summed E-state index contributed by atoms with van der Waals surface area (Å²) in [5.74, 6) is -1.25. The smallest absolute Gasteiger partial charge is 0.317 e. The molecule has 0 saturated carbocycles. The van der Waals surface area contributed by atoms with Gasteiger partial charge in [-0.25, -0.2) is 4.79 Å². The van der Waals surface area contributed by atoms with Crippen LogP contribution in [0.3, 0.4) is 0 Å². The number of likely N-dealkylation sites (tertiary alicyclic amines) is 1. The van der Waals surface area contributed by atoms with Gasteiger partial charge in [0.05, 0.1) is 5.92 Å². The van der Waals surface area contributed by atoms with Crippen molar-refractivity contribution in [3.8, 4) is 0 Å². The Morgan fingerprint density at radius 2 is 2.09 bits per heavy atom. The number of urea groups is 1. The number of carbonyl (C=O) groups is 2. The number of nitrogens with one attached hydrogen (secondary N) is 1. The molecule has 120 valence electrons. The summed E-state index contributed by atoms with van der Waals surface area (Å²) < 4.78 is 1.06. The van der Waals surface area contributed by atoms with Crippen LogP contribution in [0.15, 0.2) is 28.7 Å². The third-order valence-electron chi connectivity index (χ3n) is 3.97. The lowest BCUT2D eigenvalue weighted by atomic mass is 10.1. The van der Waals surface area contributed by atoms with Crippen LogP contribution in [0.1, 0.15) is 25.3 Å². The Kier molecular flexibility index (Phi) is 5.83. The van der Waals surface area contributed by atoms with Crippen molar-refractivity contribution in [3.63, 3.8) is 0 Å². The summed E-state index contributed by atoms with van der Waals surface area (Å²) in [5.41, 5.74) is 1.23. The summed E-state index contributed by atoms with van der Waals surface area (Å²) in [7, 11) is 0. The van der Waals surface area contributed by atoms with Gasteiger partial charge >= 0.3 is 12.0 Å². The molecule has 2 amide bonds. The molecule has 0 aromatic heterocycles. The maximum Gasteiger partial charge on any atom is 0.317 e. The number of halogens is 1. The second-order valence-corrected chi connectivity index (χ2v) is 6.70. The van der Waals surface area contributed by atoms with Gasteiger partial charge in [-0.05, 0) is 43.9 Å². The Morgan fingerprint density at radius 3 is 2.68 bits per heavy atom. The molecule has 0 spiro atoms. The largest absolute Gasteiger partial charge is 0.481 e. The third-order valence-corrected chi connectivity index (χ3v) is 4.50. The summed E-state index contributed by atoms with van der Waals surface area (Å²) >= 11 is 3.41. The normalized spacial score (nSPS) is 19.0.